The van der Waals surface area contributed by atoms with E-state index in [1.54, 1.807) is 4.90 Å². The lowest BCUT2D eigenvalue weighted by Gasteiger charge is -2.28. The number of nitrogens with one attached hydrogen (secondary N) is 1. The topological polar surface area (TPSA) is 124 Å². The molecule has 70 heavy (non-hydrogen) atoms. The van der Waals surface area contributed by atoms with Gasteiger partial charge in [-0.25, -0.2) is 9.59 Å². The van der Waals surface area contributed by atoms with Crippen LogP contribution in [0.5, 0.6) is 0 Å². The molecule has 0 saturated carbocycles. The number of carbonyl (C=O) groups excluding carboxylic acids is 4. The zero-order valence-corrected chi connectivity index (χ0v) is 47.6. The van der Waals surface area contributed by atoms with Crippen molar-refractivity contribution in [3.05, 3.63) is 0 Å². The van der Waals surface area contributed by atoms with E-state index in [1.165, 1.54) is 154 Å². The number of ether oxygens (including phenoxy) is 4. The molecule has 11 heteroatoms. The van der Waals surface area contributed by atoms with Gasteiger partial charge in [0.15, 0.2) is 0 Å². The van der Waals surface area contributed by atoms with Gasteiger partial charge in [0.05, 0.1) is 13.2 Å². The van der Waals surface area contributed by atoms with Crippen LogP contribution in [0.25, 0.3) is 0 Å². The molecule has 0 unspecified atom stereocenters. The van der Waals surface area contributed by atoms with Crippen LogP contribution in [0.15, 0.2) is 0 Å². The first-order valence-corrected chi connectivity index (χ1v) is 29.6. The fourth-order valence-corrected chi connectivity index (χ4v) is 9.15. The monoisotopic (exact) mass is 994 g/mol. The number of alkyl carbamates (subject to hydrolysis) is 1. The van der Waals surface area contributed by atoms with Gasteiger partial charge in [-0.15, -0.1) is 0 Å². The van der Waals surface area contributed by atoms with Crippen LogP contribution in [0.1, 0.15) is 280 Å². The van der Waals surface area contributed by atoms with Crippen LogP contribution in [0.2, 0.25) is 0 Å². The highest BCUT2D eigenvalue weighted by Crippen LogP contribution is 2.25. The molecule has 0 aromatic carbocycles. The Labute approximate surface area is 432 Å². The van der Waals surface area contributed by atoms with Crippen molar-refractivity contribution in [2.45, 2.75) is 291 Å². The van der Waals surface area contributed by atoms with Crippen LogP contribution in [0, 0.1) is 11.8 Å². The summed E-state index contributed by atoms with van der Waals surface area (Å²) in [7, 11) is 3.90. The maximum Gasteiger partial charge on any atom is 0.410 e. The Morgan fingerprint density at radius 1 is 0.457 bits per heavy atom. The summed E-state index contributed by atoms with van der Waals surface area (Å²) in [5, 5.41) is 2.86. The fraction of sp³-hybridized carbons (Fsp3) is 0.932. The molecule has 2 amide bonds. The second-order valence-corrected chi connectivity index (χ2v) is 22.0. The lowest BCUT2D eigenvalue weighted by atomic mass is 9.91. The predicted molar refractivity (Wildman–Crippen MR) is 292 cm³/mol. The predicted octanol–water partition coefficient (Wildman–Crippen LogP) is 16.3. The molecule has 0 saturated heterocycles. The zero-order valence-electron chi connectivity index (χ0n) is 47.6. The summed E-state index contributed by atoms with van der Waals surface area (Å²) < 4.78 is 23.2. The summed E-state index contributed by atoms with van der Waals surface area (Å²) in [4.78, 5) is 56.0. The van der Waals surface area contributed by atoms with Crippen molar-refractivity contribution in [2.24, 2.45) is 11.8 Å². The number of hydrogen-bond acceptors (Lipinski definition) is 9. The Hall–Kier alpha value is -2.56. The molecular formula is C59H115N3O8. The molecule has 1 N–H and O–H groups in total. The van der Waals surface area contributed by atoms with E-state index >= 15 is 0 Å². The van der Waals surface area contributed by atoms with Gasteiger partial charge in [0, 0.05) is 39.0 Å². The maximum atomic E-state index is 13.2. The Morgan fingerprint density at radius 2 is 0.814 bits per heavy atom. The molecule has 0 atom stereocenters. The van der Waals surface area contributed by atoms with Crippen molar-refractivity contribution in [2.75, 3.05) is 53.5 Å². The van der Waals surface area contributed by atoms with Gasteiger partial charge in [0.2, 0.25) is 0 Å². The number of amides is 2. The lowest BCUT2D eigenvalue weighted by Crippen LogP contribution is -2.44. The van der Waals surface area contributed by atoms with E-state index in [1.807, 2.05) is 39.8 Å². The highest BCUT2D eigenvalue weighted by Gasteiger charge is 2.23. The summed E-state index contributed by atoms with van der Waals surface area (Å²) in [5.41, 5.74) is -0.629. The third-order valence-corrected chi connectivity index (χ3v) is 13.5. The van der Waals surface area contributed by atoms with E-state index < -0.39 is 17.8 Å². The van der Waals surface area contributed by atoms with Crippen molar-refractivity contribution in [3.8, 4) is 0 Å². The molecule has 0 aromatic heterocycles. The van der Waals surface area contributed by atoms with E-state index in [4.69, 9.17) is 18.9 Å². The first-order chi connectivity index (χ1) is 33.7. The minimum Gasteiger partial charge on any atom is -0.466 e. The van der Waals surface area contributed by atoms with E-state index in [0.717, 1.165) is 38.5 Å². The van der Waals surface area contributed by atoms with Crippen LogP contribution in [0.3, 0.4) is 0 Å². The van der Waals surface area contributed by atoms with Crippen molar-refractivity contribution >= 4 is 24.1 Å². The highest BCUT2D eigenvalue weighted by molar-refractivity contribution is 5.70. The Bertz CT molecular complexity index is 1130. The standard InChI is InChI=1S/C59H115N3O8/c1-10-14-18-22-26-30-38-52(39-31-27-23-19-15-11-2)50-55(63)67-48-36-34-42-54(69-57(65)60-44-45-62(47-46-61(8)9)58(66)70-59(5,6)7)43-35-37-49-68-56(64)51-53(40-32-28-24-20-16-12-3)41-33-29-25-21-17-13-4/h52-54H,10-51H2,1-9H3,(H,60,65). The van der Waals surface area contributed by atoms with Crippen LogP contribution in [-0.4, -0.2) is 99.1 Å². The second kappa shape index (κ2) is 47.4. The van der Waals surface area contributed by atoms with E-state index in [9.17, 15) is 19.2 Å². The second-order valence-electron chi connectivity index (χ2n) is 22.0. The molecule has 11 nitrogen and oxygen atoms in total. The summed E-state index contributed by atoms with van der Waals surface area (Å²) in [6.45, 7) is 16.9. The van der Waals surface area contributed by atoms with Crippen LogP contribution in [-0.2, 0) is 28.5 Å². The SMILES string of the molecule is CCCCCCCCC(CCCCCCCC)CC(=O)OCCCCC(CCCCOC(=O)CC(CCCCCCCC)CCCCCCCC)OC(=O)NCCN(CCN(C)C)C(=O)OC(C)(C)C. The summed E-state index contributed by atoms with van der Waals surface area (Å²) in [6, 6.07) is 0. The third-order valence-electron chi connectivity index (χ3n) is 13.5. The van der Waals surface area contributed by atoms with Gasteiger partial charge < -0.3 is 34.1 Å². The van der Waals surface area contributed by atoms with Crippen molar-refractivity contribution in [1.29, 1.82) is 0 Å². The number of rotatable bonds is 49. The van der Waals surface area contributed by atoms with Gasteiger partial charge in [0.25, 0.3) is 0 Å². The van der Waals surface area contributed by atoms with Crippen LogP contribution in [0.4, 0.5) is 9.59 Å². The van der Waals surface area contributed by atoms with Crippen LogP contribution < -0.4 is 5.32 Å². The molecule has 0 bridgehead atoms. The summed E-state index contributed by atoms with van der Waals surface area (Å²) >= 11 is 0. The van der Waals surface area contributed by atoms with Gasteiger partial charge in [-0.3, -0.25) is 9.59 Å². The minimum atomic E-state index is -0.629. The molecule has 0 aliphatic carbocycles. The smallest absolute Gasteiger partial charge is 0.410 e. The van der Waals surface area contributed by atoms with Crippen LogP contribution >= 0.6 is 0 Å². The number of nitrogens with zero attached hydrogens (tertiary/aromatic N) is 2. The quantitative estimate of drug-likeness (QED) is 0.0360. The Morgan fingerprint density at radius 3 is 1.17 bits per heavy atom. The third kappa shape index (κ3) is 45.3. The van der Waals surface area contributed by atoms with Gasteiger partial charge >= 0.3 is 24.1 Å². The first-order valence-electron chi connectivity index (χ1n) is 29.6. The summed E-state index contributed by atoms with van der Waals surface area (Å²) in [5.74, 6) is 0.596. The molecule has 0 spiro atoms. The number of hydrogen-bond donors (Lipinski definition) is 1. The van der Waals surface area contributed by atoms with Gasteiger partial charge in [0.1, 0.15) is 11.7 Å². The lowest BCUT2D eigenvalue weighted by molar-refractivity contribution is -0.146. The largest absolute Gasteiger partial charge is 0.466 e. The van der Waals surface area contributed by atoms with Crippen molar-refractivity contribution in [1.82, 2.24) is 15.1 Å². The molecule has 0 aliphatic heterocycles. The van der Waals surface area contributed by atoms with Crippen molar-refractivity contribution in [3.63, 3.8) is 0 Å². The highest BCUT2D eigenvalue weighted by atomic mass is 16.6. The van der Waals surface area contributed by atoms with E-state index in [2.05, 4.69) is 33.0 Å². The maximum absolute atomic E-state index is 13.2. The number of carbonyl (C=O) groups is 4. The Kier molecular flexibility index (Phi) is 45.7. The van der Waals surface area contributed by atoms with Crippen molar-refractivity contribution < 1.29 is 38.1 Å². The van der Waals surface area contributed by atoms with Gasteiger partial charge in [-0.2, -0.15) is 0 Å². The molecule has 0 rings (SSSR count). The minimum absolute atomic E-state index is 0.0918. The average Bonchev–Trinajstić information content (AvgIpc) is 3.30. The average molecular weight is 995 g/mol. The molecular weight excluding hydrogens is 879 g/mol. The normalized spacial score (nSPS) is 11.8. The molecule has 0 fully saturated rings. The van der Waals surface area contributed by atoms with Gasteiger partial charge in [-0.1, -0.05) is 182 Å². The molecule has 0 heterocycles. The fourth-order valence-electron chi connectivity index (χ4n) is 9.15. The Balaban J connectivity index is 5.37. The molecule has 0 radical (unpaired) electrons. The molecule has 414 valence electrons. The number of unbranched alkanes of at least 4 members (excludes halogenated alkanes) is 22. The molecule has 0 aliphatic rings. The van der Waals surface area contributed by atoms with E-state index in [-0.39, 0.29) is 31.1 Å². The number of esters is 2. The van der Waals surface area contributed by atoms with E-state index in [0.29, 0.717) is 76.7 Å². The van der Waals surface area contributed by atoms with Gasteiger partial charge in [-0.05, 0) is 111 Å². The molecule has 0 aromatic rings. The zero-order chi connectivity index (χ0) is 51.9. The summed E-state index contributed by atoms with van der Waals surface area (Å²) in [6.07, 6.45) is 38.6. The first kappa shape index (κ1) is 67.4. The number of likely N-dealkylation sites (N-methyl/N-ethyl adjacent to an activating group) is 1.